The molecule has 0 aliphatic heterocycles. The van der Waals surface area contributed by atoms with E-state index in [1.165, 1.54) is 20.1 Å². The molecule has 7 nitrogen and oxygen atoms in total. The van der Waals surface area contributed by atoms with E-state index in [1.54, 1.807) is 54.6 Å². The molecule has 31 heavy (non-hydrogen) atoms. The number of anilines is 1. The Bertz CT molecular complexity index is 1110. The lowest BCUT2D eigenvalue weighted by Crippen LogP contribution is -2.24. The minimum Gasteiger partial charge on any atom is -0.496 e. The molecule has 0 aliphatic carbocycles. The summed E-state index contributed by atoms with van der Waals surface area (Å²) in [6, 6.07) is 20.5. The number of carbonyl (C=O) groups is 3. The Hall–Kier alpha value is -4.13. The van der Waals surface area contributed by atoms with Crippen molar-refractivity contribution < 1.29 is 23.9 Å². The van der Waals surface area contributed by atoms with E-state index in [-0.39, 0.29) is 18.4 Å². The van der Waals surface area contributed by atoms with E-state index in [1.807, 2.05) is 12.1 Å². The van der Waals surface area contributed by atoms with Gasteiger partial charge in [-0.1, -0.05) is 36.4 Å². The molecule has 2 N–H and O–H groups in total. The van der Waals surface area contributed by atoms with Crippen molar-refractivity contribution >= 4 is 23.5 Å². The van der Waals surface area contributed by atoms with Crippen LogP contribution in [0.25, 0.3) is 0 Å². The number of para-hydroxylation sites is 2. The first-order valence-electron chi connectivity index (χ1n) is 9.57. The Kier molecular flexibility index (Phi) is 7.01. The van der Waals surface area contributed by atoms with Gasteiger partial charge in [0.25, 0.3) is 11.8 Å². The third kappa shape index (κ3) is 5.70. The van der Waals surface area contributed by atoms with Crippen LogP contribution in [0.15, 0.2) is 72.8 Å². The summed E-state index contributed by atoms with van der Waals surface area (Å²) in [5, 5.41) is 5.68. The number of amides is 2. The lowest BCUT2D eigenvalue weighted by molar-refractivity contribution is -0.131. The lowest BCUT2D eigenvalue weighted by atomic mass is 10.1. The normalized spacial score (nSPS) is 10.1. The maximum atomic E-state index is 12.7. The summed E-state index contributed by atoms with van der Waals surface area (Å²) in [7, 11) is 1.51. The average molecular weight is 418 g/mol. The molecule has 0 radical (unpaired) electrons. The number of carbonyl (C=O) groups excluding carboxylic acids is 3. The van der Waals surface area contributed by atoms with E-state index >= 15 is 0 Å². The second-order valence-corrected chi connectivity index (χ2v) is 6.62. The van der Waals surface area contributed by atoms with Crippen LogP contribution in [0.1, 0.15) is 33.2 Å². The number of nitrogens with one attached hydrogen (secondary N) is 2. The molecule has 0 unspecified atom stereocenters. The maximum Gasteiger partial charge on any atom is 0.308 e. The lowest BCUT2D eigenvalue weighted by Gasteiger charge is -2.13. The van der Waals surface area contributed by atoms with Gasteiger partial charge in [0.15, 0.2) is 0 Å². The standard InChI is InChI=1S/C24H22N2O5/c1-16(27)31-19-10-7-9-17(14-19)23(28)25-15-18-8-3-5-12-21(18)26-24(29)20-11-4-6-13-22(20)30-2/h3-14H,15H2,1-2H3,(H,25,28)(H,26,29). The van der Waals surface area contributed by atoms with Gasteiger partial charge in [-0.15, -0.1) is 0 Å². The molecule has 2 amide bonds. The van der Waals surface area contributed by atoms with Crippen molar-refractivity contribution in [2.45, 2.75) is 13.5 Å². The molecule has 0 spiro atoms. The molecule has 0 saturated heterocycles. The number of rotatable bonds is 7. The Morgan fingerprint density at radius 1 is 0.871 bits per heavy atom. The summed E-state index contributed by atoms with van der Waals surface area (Å²) in [5.41, 5.74) is 2.07. The van der Waals surface area contributed by atoms with Crippen LogP contribution >= 0.6 is 0 Å². The molecule has 0 atom stereocenters. The highest BCUT2D eigenvalue weighted by molar-refractivity contribution is 6.06. The van der Waals surface area contributed by atoms with Crippen LogP contribution in [-0.4, -0.2) is 24.9 Å². The van der Waals surface area contributed by atoms with E-state index in [4.69, 9.17) is 9.47 Å². The van der Waals surface area contributed by atoms with Crippen molar-refractivity contribution in [1.29, 1.82) is 0 Å². The summed E-state index contributed by atoms with van der Waals surface area (Å²) >= 11 is 0. The van der Waals surface area contributed by atoms with Crippen LogP contribution in [0.3, 0.4) is 0 Å². The summed E-state index contributed by atoms with van der Waals surface area (Å²) < 4.78 is 10.3. The predicted molar refractivity (Wildman–Crippen MR) is 116 cm³/mol. The largest absolute Gasteiger partial charge is 0.496 e. The van der Waals surface area contributed by atoms with E-state index in [0.29, 0.717) is 28.3 Å². The van der Waals surface area contributed by atoms with Crippen LogP contribution in [-0.2, 0) is 11.3 Å². The highest BCUT2D eigenvalue weighted by Gasteiger charge is 2.14. The summed E-state index contributed by atoms with van der Waals surface area (Å²) in [6.07, 6.45) is 0. The van der Waals surface area contributed by atoms with Gasteiger partial charge in [-0.2, -0.15) is 0 Å². The van der Waals surface area contributed by atoms with Crippen LogP contribution in [0.2, 0.25) is 0 Å². The highest BCUT2D eigenvalue weighted by atomic mass is 16.5. The van der Waals surface area contributed by atoms with Crippen molar-refractivity contribution in [3.05, 3.63) is 89.5 Å². The Labute approximate surface area is 180 Å². The van der Waals surface area contributed by atoms with E-state index in [2.05, 4.69) is 10.6 Å². The van der Waals surface area contributed by atoms with Gasteiger partial charge < -0.3 is 20.1 Å². The maximum absolute atomic E-state index is 12.7. The molecular formula is C24H22N2O5. The molecule has 158 valence electrons. The summed E-state index contributed by atoms with van der Waals surface area (Å²) in [4.78, 5) is 36.4. The fraction of sp³-hybridized carbons (Fsp3) is 0.125. The van der Waals surface area contributed by atoms with Crippen molar-refractivity contribution in [1.82, 2.24) is 5.32 Å². The number of hydrogen-bond donors (Lipinski definition) is 2. The summed E-state index contributed by atoms with van der Waals surface area (Å²) in [6.45, 7) is 1.49. The van der Waals surface area contributed by atoms with Crippen molar-refractivity contribution in [2.24, 2.45) is 0 Å². The summed E-state index contributed by atoms with van der Waals surface area (Å²) in [5.74, 6) is -0.342. The minimum absolute atomic E-state index is 0.193. The van der Waals surface area contributed by atoms with Crippen LogP contribution < -0.4 is 20.1 Å². The van der Waals surface area contributed by atoms with Gasteiger partial charge in [0.05, 0.1) is 12.7 Å². The molecule has 7 heteroatoms. The first-order chi connectivity index (χ1) is 15.0. The molecule has 0 fully saturated rings. The third-order valence-corrected chi connectivity index (χ3v) is 4.41. The first kappa shape index (κ1) is 21.6. The molecule has 0 saturated carbocycles. The Morgan fingerprint density at radius 2 is 1.61 bits per heavy atom. The van der Waals surface area contributed by atoms with Gasteiger partial charge in [0.2, 0.25) is 0 Å². The monoisotopic (exact) mass is 418 g/mol. The van der Waals surface area contributed by atoms with E-state index in [9.17, 15) is 14.4 Å². The van der Waals surface area contributed by atoms with Gasteiger partial charge >= 0.3 is 5.97 Å². The topological polar surface area (TPSA) is 93.7 Å². The van der Waals surface area contributed by atoms with Gasteiger partial charge in [-0.25, -0.2) is 0 Å². The molecule has 0 bridgehead atoms. The van der Waals surface area contributed by atoms with Gasteiger partial charge in [-0.05, 0) is 42.0 Å². The fourth-order valence-corrected chi connectivity index (χ4v) is 2.96. The third-order valence-electron chi connectivity index (χ3n) is 4.41. The van der Waals surface area contributed by atoms with Gasteiger partial charge in [0, 0.05) is 24.7 Å². The number of hydrogen-bond acceptors (Lipinski definition) is 5. The fourth-order valence-electron chi connectivity index (χ4n) is 2.96. The van der Waals surface area contributed by atoms with Gasteiger partial charge in [0.1, 0.15) is 11.5 Å². The van der Waals surface area contributed by atoms with E-state index < -0.39 is 5.97 Å². The average Bonchev–Trinajstić information content (AvgIpc) is 2.78. The van der Waals surface area contributed by atoms with Crippen molar-refractivity contribution in [3.8, 4) is 11.5 Å². The molecule has 0 aromatic heterocycles. The van der Waals surface area contributed by atoms with Crippen molar-refractivity contribution in [3.63, 3.8) is 0 Å². The predicted octanol–water partition coefficient (Wildman–Crippen LogP) is 3.80. The molecule has 3 aromatic carbocycles. The first-order valence-corrected chi connectivity index (χ1v) is 9.57. The van der Waals surface area contributed by atoms with Crippen LogP contribution in [0, 0.1) is 0 Å². The quantitative estimate of drug-likeness (QED) is 0.450. The second-order valence-electron chi connectivity index (χ2n) is 6.62. The molecular weight excluding hydrogens is 396 g/mol. The molecule has 3 aromatic rings. The Balaban J connectivity index is 1.70. The number of esters is 1. The van der Waals surface area contributed by atoms with Gasteiger partial charge in [-0.3, -0.25) is 14.4 Å². The smallest absolute Gasteiger partial charge is 0.308 e. The second kappa shape index (κ2) is 10.1. The molecule has 3 rings (SSSR count). The zero-order valence-electron chi connectivity index (χ0n) is 17.2. The zero-order valence-corrected chi connectivity index (χ0v) is 17.2. The number of benzene rings is 3. The Morgan fingerprint density at radius 3 is 2.39 bits per heavy atom. The highest BCUT2D eigenvalue weighted by Crippen LogP contribution is 2.21. The molecule has 0 heterocycles. The van der Waals surface area contributed by atoms with Crippen molar-refractivity contribution in [2.75, 3.05) is 12.4 Å². The number of ether oxygens (including phenoxy) is 2. The SMILES string of the molecule is COc1ccccc1C(=O)Nc1ccccc1CNC(=O)c1cccc(OC(C)=O)c1. The minimum atomic E-state index is -0.461. The number of methoxy groups -OCH3 is 1. The van der Waals surface area contributed by atoms with Crippen LogP contribution in [0.5, 0.6) is 11.5 Å². The van der Waals surface area contributed by atoms with E-state index in [0.717, 1.165) is 5.56 Å². The zero-order chi connectivity index (χ0) is 22.2. The molecule has 0 aliphatic rings. The van der Waals surface area contributed by atoms with Crippen LogP contribution in [0.4, 0.5) is 5.69 Å².